The Morgan fingerprint density at radius 1 is 0.938 bits per heavy atom. The van der Waals surface area contributed by atoms with E-state index in [1.165, 1.54) is 12.0 Å². The van der Waals surface area contributed by atoms with E-state index in [1.54, 1.807) is 13.3 Å². The summed E-state index contributed by atoms with van der Waals surface area (Å²) in [6.45, 7) is 7.53. The number of ether oxygens (including phenoxy) is 2. The maximum absolute atomic E-state index is 12.5. The van der Waals surface area contributed by atoms with Gasteiger partial charge in [0.25, 0.3) is 0 Å². The first kappa shape index (κ1) is 22.6. The second-order valence-electron chi connectivity index (χ2n) is 8.63. The van der Waals surface area contributed by atoms with Crippen LogP contribution in [0.4, 0.5) is 0 Å². The number of methoxy groups -OCH3 is 1. The molecular weight excluding hydrogens is 404 g/mol. The van der Waals surface area contributed by atoms with Crippen LogP contribution in [0.25, 0.3) is 0 Å². The summed E-state index contributed by atoms with van der Waals surface area (Å²) in [5, 5.41) is 0. The highest BCUT2D eigenvalue weighted by Crippen LogP contribution is 2.29. The van der Waals surface area contributed by atoms with Gasteiger partial charge in [0.05, 0.1) is 13.7 Å². The first-order valence-corrected chi connectivity index (χ1v) is 11.6. The van der Waals surface area contributed by atoms with Crippen LogP contribution in [0.15, 0.2) is 42.7 Å². The van der Waals surface area contributed by atoms with E-state index in [-0.39, 0.29) is 0 Å². The number of piperazine rings is 1. The zero-order chi connectivity index (χ0) is 22.2. The number of benzene rings is 1. The molecule has 172 valence electrons. The van der Waals surface area contributed by atoms with Crippen LogP contribution in [0.2, 0.25) is 0 Å². The topological polar surface area (TPSA) is 58.1 Å². The molecule has 4 rings (SSSR count). The fraction of sp³-hybridized carbons (Fsp3) is 0.520. The number of carbonyl (C=O) groups excluding carboxylic acids is 1. The van der Waals surface area contributed by atoms with Crippen LogP contribution in [-0.4, -0.2) is 78.5 Å². The Labute approximate surface area is 190 Å². The standard InChI is InChI=1S/C25H34N4O3/c1-31-23-8-7-21(16-24(23)32-20-22-6-5-9-26-17-22)18-27-12-14-28(15-13-27)19-25(30)29-10-3-2-4-11-29/h5-9,16-17H,2-4,10-15,18-20H2,1H3. The summed E-state index contributed by atoms with van der Waals surface area (Å²) in [5.41, 5.74) is 2.22. The van der Waals surface area contributed by atoms with Gasteiger partial charge in [-0.2, -0.15) is 0 Å². The Morgan fingerprint density at radius 2 is 1.72 bits per heavy atom. The molecule has 0 unspecified atom stereocenters. The normalized spacial score (nSPS) is 17.8. The van der Waals surface area contributed by atoms with Crippen molar-refractivity contribution in [3.63, 3.8) is 0 Å². The predicted octanol–water partition coefficient (Wildman–Crippen LogP) is 2.80. The van der Waals surface area contributed by atoms with Gasteiger partial charge in [0.2, 0.25) is 5.91 Å². The summed E-state index contributed by atoms with van der Waals surface area (Å²) in [7, 11) is 1.66. The van der Waals surface area contributed by atoms with Gasteiger partial charge in [0.1, 0.15) is 6.61 Å². The fourth-order valence-electron chi connectivity index (χ4n) is 4.38. The third-order valence-electron chi connectivity index (χ3n) is 6.28. The molecule has 0 bridgehead atoms. The van der Waals surface area contributed by atoms with Crippen molar-refractivity contribution in [3.05, 3.63) is 53.9 Å². The van der Waals surface area contributed by atoms with Crippen LogP contribution in [0.1, 0.15) is 30.4 Å². The Bertz CT molecular complexity index is 863. The molecule has 1 aromatic carbocycles. The van der Waals surface area contributed by atoms with E-state index in [4.69, 9.17) is 9.47 Å². The van der Waals surface area contributed by atoms with Gasteiger partial charge in [-0.1, -0.05) is 12.1 Å². The summed E-state index contributed by atoms with van der Waals surface area (Å²) in [5.74, 6) is 1.78. The van der Waals surface area contributed by atoms with E-state index in [0.29, 0.717) is 19.1 Å². The molecule has 2 fully saturated rings. The van der Waals surface area contributed by atoms with Crippen molar-refractivity contribution < 1.29 is 14.3 Å². The third kappa shape index (κ3) is 6.20. The number of amides is 1. The van der Waals surface area contributed by atoms with Gasteiger partial charge < -0.3 is 14.4 Å². The monoisotopic (exact) mass is 438 g/mol. The minimum Gasteiger partial charge on any atom is -0.493 e. The zero-order valence-electron chi connectivity index (χ0n) is 19.0. The number of hydrogen-bond acceptors (Lipinski definition) is 6. The number of carbonyl (C=O) groups is 1. The maximum atomic E-state index is 12.5. The van der Waals surface area contributed by atoms with E-state index in [9.17, 15) is 4.79 Å². The highest BCUT2D eigenvalue weighted by molar-refractivity contribution is 5.78. The van der Waals surface area contributed by atoms with Crippen LogP contribution >= 0.6 is 0 Å². The zero-order valence-corrected chi connectivity index (χ0v) is 19.0. The number of nitrogens with zero attached hydrogens (tertiary/aromatic N) is 4. The summed E-state index contributed by atoms with van der Waals surface area (Å²) in [6, 6.07) is 10.1. The van der Waals surface area contributed by atoms with Crippen molar-refractivity contribution >= 4 is 5.91 Å². The van der Waals surface area contributed by atoms with Gasteiger partial charge >= 0.3 is 0 Å². The molecule has 0 atom stereocenters. The Kier molecular flexibility index (Phi) is 7.96. The Balaban J connectivity index is 1.27. The number of hydrogen-bond donors (Lipinski definition) is 0. The molecule has 2 saturated heterocycles. The fourth-order valence-corrected chi connectivity index (χ4v) is 4.38. The van der Waals surface area contributed by atoms with Crippen LogP contribution in [0, 0.1) is 0 Å². The molecule has 7 heteroatoms. The van der Waals surface area contributed by atoms with Crippen LogP contribution < -0.4 is 9.47 Å². The molecule has 1 aromatic heterocycles. The maximum Gasteiger partial charge on any atom is 0.236 e. The number of likely N-dealkylation sites (tertiary alicyclic amines) is 1. The van der Waals surface area contributed by atoms with Gasteiger partial charge in [-0.15, -0.1) is 0 Å². The second-order valence-corrected chi connectivity index (χ2v) is 8.63. The Hall–Kier alpha value is -2.64. The SMILES string of the molecule is COc1ccc(CN2CCN(CC(=O)N3CCCCC3)CC2)cc1OCc1cccnc1. The predicted molar refractivity (Wildman–Crippen MR) is 124 cm³/mol. The molecule has 1 amide bonds. The number of piperidine rings is 1. The highest BCUT2D eigenvalue weighted by Gasteiger charge is 2.23. The van der Waals surface area contributed by atoms with Gasteiger partial charge in [-0.3, -0.25) is 19.6 Å². The Morgan fingerprint density at radius 3 is 2.44 bits per heavy atom. The van der Waals surface area contributed by atoms with Crippen molar-refractivity contribution in [3.8, 4) is 11.5 Å². The minimum absolute atomic E-state index is 0.295. The van der Waals surface area contributed by atoms with E-state index in [0.717, 1.165) is 75.7 Å². The van der Waals surface area contributed by atoms with Gasteiger partial charge in [0, 0.05) is 63.8 Å². The van der Waals surface area contributed by atoms with Crippen LogP contribution in [0.5, 0.6) is 11.5 Å². The largest absolute Gasteiger partial charge is 0.493 e. The van der Waals surface area contributed by atoms with Crippen molar-refractivity contribution in [1.29, 1.82) is 0 Å². The molecule has 7 nitrogen and oxygen atoms in total. The minimum atomic E-state index is 0.295. The summed E-state index contributed by atoms with van der Waals surface area (Å²) < 4.78 is 11.5. The molecule has 32 heavy (non-hydrogen) atoms. The number of pyridine rings is 1. The van der Waals surface area contributed by atoms with Crippen molar-refractivity contribution in [2.75, 3.05) is 52.9 Å². The second kappa shape index (κ2) is 11.3. The molecule has 0 aliphatic carbocycles. The average molecular weight is 439 g/mol. The lowest BCUT2D eigenvalue weighted by molar-refractivity contribution is -0.133. The molecule has 0 saturated carbocycles. The summed E-state index contributed by atoms with van der Waals surface area (Å²) in [4.78, 5) is 23.5. The van der Waals surface area contributed by atoms with Gasteiger partial charge in [-0.05, 0) is 43.0 Å². The number of aromatic nitrogens is 1. The van der Waals surface area contributed by atoms with E-state index in [2.05, 4.69) is 26.9 Å². The van der Waals surface area contributed by atoms with E-state index in [1.807, 2.05) is 29.3 Å². The molecule has 2 aliphatic rings. The molecule has 0 radical (unpaired) electrons. The summed E-state index contributed by atoms with van der Waals surface area (Å²) >= 11 is 0. The molecule has 2 aliphatic heterocycles. The lowest BCUT2D eigenvalue weighted by Gasteiger charge is -2.36. The molecule has 2 aromatic rings. The lowest BCUT2D eigenvalue weighted by Crippen LogP contribution is -2.50. The molecule has 3 heterocycles. The lowest BCUT2D eigenvalue weighted by atomic mass is 10.1. The third-order valence-corrected chi connectivity index (χ3v) is 6.28. The van der Waals surface area contributed by atoms with Crippen molar-refractivity contribution in [2.45, 2.75) is 32.4 Å². The molecular formula is C25H34N4O3. The van der Waals surface area contributed by atoms with Crippen LogP contribution in [-0.2, 0) is 17.9 Å². The van der Waals surface area contributed by atoms with Crippen molar-refractivity contribution in [1.82, 2.24) is 19.7 Å². The first-order chi connectivity index (χ1) is 15.7. The quantitative estimate of drug-likeness (QED) is 0.632. The van der Waals surface area contributed by atoms with E-state index >= 15 is 0 Å². The molecule has 0 N–H and O–H groups in total. The molecule has 0 spiro atoms. The average Bonchev–Trinajstić information content (AvgIpc) is 2.85. The van der Waals surface area contributed by atoms with E-state index < -0.39 is 0 Å². The van der Waals surface area contributed by atoms with Crippen molar-refractivity contribution in [2.24, 2.45) is 0 Å². The van der Waals surface area contributed by atoms with Crippen LogP contribution in [0.3, 0.4) is 0 Å². The van der Waals surface area contributed by atoms with Gasteiger partial charge in [-0.25, -0.2) is 0 Å². The smallest absolute Gasteiger partial charge is 0.236 e. The first-order valence-electron chi connectivity index (χ1n) is 11.6. The highest BCUT2D eigenvalue weighted by atomic mass is 16.5. The number of rotatable bonds is 8. The summed E-state index contributed by atoms with van der Waals surface area (Å²) in [6.07, 6.45) is 7.12. The van der Waals surface area contributed by atoms with Gasteiger partial charge in [0.15, 0.2) is 11.5 Å².